The van der Waals surface area contributed by atoms with Gasteiger partial charge in [0.05, 0.1) is 13.7 Å². The van der Waals surface area contributed by atoms with Gasteiger partial charge in [-0.05, 0) is 48.1 Å². The standard InChI is InChI=1S/C25H30N2O3/c1-3-4-7-23-26-25(14-5-6-15-25)24(29)27(23)17-18-8-10-19(11-9-18)20-12-13-22(30-2)21(28)16-20/h8-13,16,28H,3-7,14-15,17H2,1-2H3. The summed E-state index contributed by atoms with van der Waals surface area (Å²) < 4.78 is 5.12. The molecule has 2 aromatic carbocycles. The summed E-state index contributed by atoms with van der Waals surface area (Å²) in [5, 5.41) is 10.0. The molecule has 1 spiro atoms. The van der Waals surface area contributed by atoms with Gasteiger partial charge in [0.15, 0.2) is 11.5 Å². The van der Waals surface area contributed by atoms with E-state index in [1.807, 2.05) is 23.1 Å². The molecular formula is C25H30N2O3. The number of aliphatic imine (C=N–C) groups is 1. The maximum absolute atomic E-state index is 13.3. The van der Waals surface area contributed by atoms with Crippen molar-refractivity contribution in [2.75, 3.05) is 7.11 Å². The molecule has 158 valence electrons. The van der Waals surface area contributed by atoms with Crippen LogP contribution in [0.5, 0.6) is 11.5 Å². The minimum absolute atomic E-state index is 0.125. The molecule has 5 heteroatoms. The number of unbranched alkanes of at least 4 members (excludes halogenated alkanes) is 1. The first-order valence-corrected chi connectivity index (χ1v) is 10.9. The molecule has 2 aromatic rings. The maximum Gasteiger partial charge on any atom is 0.256 e. The van der Waals surface area contributed by atoms with Gasteiger partial charge in [0.2, 0.25) is 0 Å². The number of benzene rings is 2. The first-order valence-electron chi connectivity index (χ1n) is 10.9. The Morgan fingerprint density at radius 1 is 1.10 bits per heavy atom. The third-order valence-electron chi connectivity index (χ3n) is 6.29. The first-order chi connectivity index (χ1) is 14.6. The average Bonchev–Trinajstić information content (AvgIpc) is 3.33. The van der Waals surface area contributed by atoms with Crippen molar-refractivity contribution in [1.82, 2.24) is 4.90 Å². The van der Waals surface area contributed by atoms with E-state index < -0.39 is 5.54 Å². The number of ether oxygens (including phenoxy) is 1. The van der Waals surface area contributed by atoms with Crippen LogP contribution in [0.15, 0.2) is 47.5 Å². The lowest BCUT2D eigenvalue weighted by atomic mass is 9.98. The molecule has 5 nitrogen and oxygen atoms in total. The van der Waals surface area contributed by atoms with Crippen LogP contribution in [0.3, 0.4) is 0 Å². The van der Waals surface area contributed by atoms with Crippen molar-refractivity contribution in [2.24, 2.45) is 4.99 Å². The van der Waals surface area contributed by atoms with Crippen molar-refractivity contribution >= 4 is 11.7 Å². The predicted octanol–water partition coefficient (Wildman–Crippen LogP) is 5.31. The van der Waals surface area contributed by atoms with Gasteiger partial charge in [-0.2, -0.15) is 0 Å². The second-order valence-electron chi connectivity index (χ2n) is 8.35. The normalized spacial score (nSPS) is 17.6. The molecule has 1 aliphatic heterocycles. The molecule has 30 heavy (non-hydrogen) atoms. The fraction of sp³-hybridized carbons (Fsp3) is 0.440. The number of phenolic OH excluding ortho intramolecular Hbond substituents is 1. The third-order valence-corrected chi connectivity index (χ3v) is 6.29. The fourth-order valence-corrected chi connectivity index (χ4v) is 4.55. The number of carbonyl (C=O) groups is 1. The Balaban J connectivity index is 1.52. The number of methoxy groups -OCH3 is 1. The highest BCUT2D eigenvalue weighted by atomic mass is 16.5. The number of amides is 1. The summed E-state index contributed by atoms with van der Waals surface area (Å²) in [5.41, 5.74) is 2.54. The summed E-state index contributed by atoms with van der Waals surface area (Å²) in [5.74, 6) is 1.74. The SMILES string of the molecule is CCCCC1=NC2(CCCC2)C(=O)N1Cc1ccc(-c2ccc(OC)c(O)c2)cc1. The number of hydrogen-bond acceptors (Lipinski definition) is 4. The zero-order valence-electron chi connectivity index (χ0n) is 17.9. The van der Waals surface area contributed by atoms with Crippen LogP contribution in [0, 0.1) is 0 Å². The van der Waals surface area contributed by atoms with E-state index in [4.69, 9.17) is 9.73 Å². The molecule has 1 amide bonds. The number of aromatic hydroxyl groups is 1. The zero-order valence-corrected chi connectivity index (χ0v) is 17.9. The van der Waals surface area contributed by atoms with Gasteiger partial charge < -0.3 is 9.84 Å². The van der Waals surface area contributed by atoms with E-state index in [0.717, 1.165) is 67.5 Å². The smallest absolute Gasteiger partial charge is 0.256 e. The lowest BCUT2D eigenvalue weighted by Gasteiger charge is -2.22. The Labute approximate surface area is 178 Å². The lowest BCUT2D eigenvalue weighted by Crippen LogP contribution is -2.40. The van der Waals surface area contributed by atoms with Crippen molar-refractivity contribution in [3.8, 4) is 22.6 Å². The monoisotopic (exact) mass is 406 g/mol. The van der Waals surface area contributed by atoms with Crippen LogP contribution in [0.4, 0.5) is 0 Å². The minimum atomic E-state index is -0.483. The van der Waals surface area contributed by atoms with E-state index in [1.165, 1.54) is 7.11 Å². The fourth-order valence-electron chi connectivity index (χ4n) is 4.55. The molecule has 2 aliphatic rings. The number of rotatable bonds is 7. The molecule has 0 bridgehead atoms. The van der Waals surface area contributed by atoms with Gasteiger partial charge in [-0.25, -0.2) is 0 Å². The molecule has 0 atom stereocenters. The van der Waals surface area contributed by atoms with E-state index in [2.05, 4.69) is 19.1 Å². The molecule has 0 radical (unpaired) electrons. The number of amidine groups is 1. The van der Waals surface area contributed by atoms with Crippen LogP contribution in [-0.2, 0) is 11.3 Å². The minimum Gasteiger partial charge on any atom is -0.504 e. The van der Waals surface area contributed by atoms with Gasteiger partial charge >= 0.3 is 0 Å². The molecule has 0 aromatic heterocycles. The molecule has 0 unspecified atom stereocenters. The van der Waals surface area contributed by atoms with E-state index >= 15 is 0 Å². The maximum atomic E-state index is 13.3. The van der Waals surface area contributed by atoms with E-state index in [1.54, 1.807) is 12.1 Å². The van der Waals surface area contributed by atoms with Crippen LogP contribution in [0.25, 0.3) is 11.1 Å². The molecule has 1 fully saturated rings. The van der Waals surface area contributed by atoms with E-state index in [-0.39, 0.29) is 11.7 Å². The Hall–Kier alpha value is -2.82. The zero-order chi connectivity index (χ0) is 21.1. The Kier molecular flexibility index (Phi) is 5.80. The van der Waals surface area contributed by atoms with Crippen molar-refractivity contribution in [3.63, 3.8) is 0 Å². The largest absolute Gasteiger partial charge is 0.504 e. The molecule has 1 aliphatic carbocycles. The quantitative estimate of drug-likeness (QED) is 0.678. The molecule has 1 N–H and O–H groups in total. The van der Waals surface area contributed by atoms with Gasteiger partial charge in [-0.1, -0.05) is 56.5 Å². The van der Waals surface area contributed by atoms with E-state index in [0.29, 0.717) is 12.3 Å². The summed E-state index contributed by atoms with van der Waals surface area (Å²) >= 11 is 0. The Morgan fingerprint density at radius 2 is 1.80 bits per heavy atom. The van der Waals surface area contributed by atoms with Crippen molar-refractivity contribution in [2.45, 2.75) is 64.0 Å². The second-order valence-corrected chi connectivity index (χ2v) is 8.35. The molecule has 1 saturated carbocycles. The van der Waals surface area contributed by atoms with Crippen LogP contribution >= 0.6 is 0 Å². The van der Waals surface area contributed by atoms with Gasteiger partial charge in [0, 0.05) is 6.42 Å². The lowest BCUT2D eigenvalue weighted by molar-refractivity contribution is -0.131. The summed E-state index contributed by atoms with van der Waals surface area (Å²) in [6.07, 6.45) is 6.97. The van der Waals surface area contributed by atoms with Gasteiger partial charge in [-0.15, -0.1) is 0 Å². The van der Waals surface area contributed by atoms with Crippen molar-refractivity contribution in [3.05, 3.63) is 48.0 Å². The van der Waals surface area contributed by atoms with Crippen LogP contribution in [-0.4, -0.2) is 34.4 Å². The predicted molar refractivity (Wildman–Crippen MR) is 119 cm³/mol. The van der Waals surface area contributed by atoms with Crippen molar-refractivity contribution in [1.29, 1.82) is 0 Å². The summed E-state index contributed by atoms with van der Waals surface area (Å²) in [7, 11) is 1.54. The van der Waals surface area contributed by atoms with E-state index in [9.17, 15) is 9.90 Å². The van der Waals surface area contributed by atoms with Gasteiger partial charge in [0.25, 0.3) is 5.91 Å². The average molecular weight is 407 g/mol. The van der Waals surface area contributed by atoms with Gasteiger partial charge in [-0.3, -0.25) is 14.7 Å². The van der Waals surface area contributed by atoms with Crippen LogP contribution < -0.4 is 4.74 Å². The van der Waals surface area contributed by atoms with Crippen molar-refractivity contribution < 1.29 is 14.6 Å². The molecular weight excluding hydrogens is 376 g/mol. The highest BCUT2D eigenvalue weighted by molar-refractivity contribution is 6.08. The number of hydrogen-bond donors (Lipinski definition) is 1. The summed E-state index contributed by atoms with van der Waals surface area (Å²) in [6.45, 7) is 2.74. The Bertz CT molecular complexity index is 943. The van der Waals surface area contributed by atoms with Gasteiger partial charge in [0.1, 0.15) is 11.4 Å². The number of nitrogens with zero attached hydrogens (tertiary/aromatic N) is 2. The van der Waals surface area contributed by atoms with Crippen LogP contribution in [0.1, 0.15) is 57.4 Å². The number of carbonyl (C=O) groups excluding carboxylic acids is 1. The topological polar surface area (TPSA) is 62.1 Å². The summed E-state index contributed by atoms with van der Waals surface area (Å²) in [6, 6.07) is 13.6. The first kappa shape index (κ1) is 20.5. The second kappa shape index (κ2) is 8.50. The number of phenols is 1. The molecule has 0 saturated heterocycles. The Morgan fingerprint density at radius 3 is 2.43 bits per heavy atom. The van der Waals surface area contributed by atoms with Crippen LogP contribution in [0.2, 0.25) is 0 Å². The molecule has 4 rings (SSSR count). The third kappa shape index (κ3) is 3.81. The highest BCUT2D eigenvalue weighted by Crippen LogP contribution is 2.40. The molecule has 1 heterocycles. The highest BCUT2D eigenvalue weighted by Gasteiger charge is 2.49. The summed E-state index contributed by atoms with van der Waals surface area (Å²) in [4.78, 5) is 20.2.